The number of hydrogen-bond donors (Lipinski definition) is 2. The van der Waals surface area contributed by atoms with Crippen LogP contribution in [-0.4, -0.2) is 49.6 Å². The van der Waals surface area contributed by atoms with E-state index < -0.39 is 0 Å². The van der Waals surface area contributed by atoms with E-state index in [1.54, 1.807) is 0 Å². The van der Waals surface area contributed by atoms with Crippen molar-refractivity contribution in [2.45, 2.75) is 64.3 Å². The number of rotatable bonds is 6. The summed E-state index contributed by atoms with van der Waals surface area (Å²) < 4.78 is 0. The average molecular weight is 307 g/mol. The zero-order valence-corrected chi connectivity index (χ0v) is 14.2. The van der Waals surface area contributed by atoms with Crippen LogP contribution in [-0.2, 0) is 4.79 Å². The minimum Gasteiger partial charge on any atom is -0.354 e. The number of nitrogens with one attached hydrogen (secondary N) is 2. The molecule has 126 valence electrons. The van der Waals surface area contributed by atoms with E-state index in [1.165, 1.54) is 58.0 Å². The summed E-state index contributed by atoms with van der Waals surface area (Å²) in [6, 6.07) is 0.576. The summed E-state index contributed by atoms with van der Waals surface area (Å²) >= 11 is 0. The third-order valence-corrected chi connectivity index (χ3v) is 6.17. The van der Waals surface area contributed by atoms with E-state index in [4.69, 9.17) is 0 Å². The maximum Gasteiger partial charge on any atom is 0.223 e. The van der Waals surface area contributed by atoms with Crippen LogP contribution in [0.25, 0.3) is 0 Å². The Morgan fingerprint density at radius 3 is 2.91 bits per heavy atom. The van der Waals surface area contributed by atoms with Gasteiger partial charge in [0.05, 0.1) is 0 Å². The Balaban J connectivity index is 1.44. The van der Waals surface area contributed by atoms with Gasteiger partial charge in [0.1, 0.15) is 0 Å². The molecule has 2 N–H and O–H groups in total. The average Bonchev–Trinajstić information content (AvgIpc) is 3.25. The van der Waals surface area contributed by atoms with Gasteiger partial charge < -0.3 is 10.6 Å². The fourth-order valence-corrected chi connectivity index (χ4v) is 4.48. The number of amides is 1. The maximum atomic E-state index is 12.5. The Hall–Kier alpha value is -0.610. The minimum atomic E-state index is 0.308. The van der Waals surface area contributed by atoms with E-state index in [0.29, 0.717) is 23.3 Å². The van der Waals surface area contributed by atoms with Crippen molar-refractivity contribution >= 4 is 5.91 Å². The molecule has 0 aromatic carbocycles. The minimum absolute atomic E-state index is 0.308. The predicted octanol–water partition coefficient (Wildman–Crippen LogP) is 2.15. The maximum absolute atomic E-state index is 12.5. The molecule has 3 rings (SSSR count). The first-order chi connectivity index (χ1) is 10.7. The number of unbranched alkanes of at least 4 members (excludes halogenated alkanes) is 1. The largest absolute Gasteiger partial charge is 0.354 e. The number of likely N-dealkylation sites (tertiary alicyclic amines) is 1. The molecule has 1 amide bonds. The molecule has 2 atom stereocenters. The number of carbonyl (C=O) groups excluding carboxylic acids is 1. The molecule has 22 heavy (non-hydrogen) atoms. The third kappa shape index (κ3) is 3.65. The summed E-state index contributed by atoms with van der Waals surface area (Å²) in [6.45, 7) is 7.74. The molecule has 1 aliphatic carbocycles. The van der Waals surface area contributed by atoms with Crippen LogP contribution in [0.15, 0.2) is 0 Å². The standard InChI is InChI=1S/C18H33N3O/c1-2-3-11-21-12-5-4-6-15(21)14-20-17(22)16-13-18(16)7-9-19-10-8-18/h15-16,19H,2-14H2,1H3,(H,20,22). The van der Waals surface area contributed by atoms with Crippen LogP contribution in [0.1, 0.15) is 58.3 Å². The lowest BCUT2D eigenvalue weighted by Gasteiger charge is -2.36. The van der Waals surface area contributed by atoms with Gasteiger partial charge in [-0.3, -0.25) is 9.69 Å². The molecule has 1 spiro atoms. The lowest BCUT2D eigenvalue weighted by atomic mass is 9.91. The number of hydrogen-bond acceptors (Lipinski definition) is 3. The molecule has 2 saturated heterocycles. The second kappa shape index (κ2) is 7.31. The highest BCUT2D eigenvalue weighted by molar-refractivity contribution is 5.82. The molecule has 0 radical (unpaired) electrons. The van der Waals surface area contributed by atoms with E-state index in [2.05, 4.69) is 22.5 Å². The first kappa shape index (κ1) is 16.3. The first-order valence-electron chi connectivity index (χ1n) is 9.48. The fraction of sp³-hybridized carbons (Fsp3) is 0.944. The highest BCUT2D eigenvalue weighted by atomic mass is 16.2. The van der Waals surface area contributed by atoms with Crippen molar-refractivity contribution in [2.75, 3.05) is 32.7 Å². The van der Waals surface area contributed by atoms with Gasteiger partial charge in [-0.1, -0.05) is 19.8 Å². The molecule has 0 aromatic rings. The second-order valence-electron chi connectivity index (χ2n) is 7.65. The molecule has 0 bridgehead atoms. The molecule has 1 saturated carbocycles. The molecular weight excluding hydrogens is 274 g/mol. The Morgan fingerprint density at radius 2 is 2.14 bits per heavy atom. The van der Waals surface area contributed by atoms with E-state index in [1.807, 2.05) is 0 Å². The van der Waals surface area contributed by atoms with Gasteiger partial charge in [-0.2, -0.15) is 0 Å². The zero-order valence-electron chi connectivity index (χ0n) is 14.2. The first-order valence-corrected chi connectivity index (χ1v) is 9.48. The van der Waals surface area contributed by atoms with Crippen molar-refractivity contribution < 1.29 is 4.79 Å². The molecular formula is C18H33N3O. The van der Waals surface area contributed by atoms with Gasteiger partial charge in [0.25, 0.3) is 0 Å². The van der Waals surface area contributed by atoms with Crippen molar-refractivity contribution in [1.29, 1.82) is 0 Å². The lowest BCUT2D eigenvalue weighted by molar-refractivity contribution is -0.123. The Kier molecular flexibility index (Phi) is 5.40. The summed E-state index contributed by atoms with van der Waals surface area (Å²) in [5.74, 6) is 0.644. The van der Waals surface area contributed by atoms with Crippen LogP contribution in [0.4, 0.5) is 0 Å². The number of piperidine rings is 2. The van der Waals surface area contributed by atoms with Gasteiger partial charge >= 0.3 is 0 Å². The molecule has 2 aliphatic heterocycles. The monoisotopic (exact) mass is 307 g/mol. The summed E-state index contributed by atoms with van der Waals surface area (Å²) in [6.07, 6.45) is 9.95. The van der Waals surface area contributed by atoms with Crippen LogP contribution in [0, 0.1) is 11.3 Å². The Morgan fingerprint density at radius 1 is 1.32 bits per heavy atom. The van der Waals surface area contributed by atoms with Crippen molar-refractivity contribution in [2.24, 2.45) is 11.3 Å². The highest BCUT2D eigenvalue weighted by Crippen LogP contribution is 2.58. The third-order valence-electron chi connectivity index (χ3n) is 6.17. The second-order valence-corrected chi connectivity index (χ2v) is 7.65. The summed E-state index contributed by atoms with van der Waals surface area (Å²) in [5.41, 5.74) is 0.365. The SMILES string of the molecule is CCCCN1CCCCC1CNC(=O)C1CC12CCNCC2. The number of nitrogens with zero attached hydrogens (tertiary/aromatic N) is 1. The molecule has 4 heteroatoms. The molecule has 0 aromatic heterocycles. The molecule has 3 fully saturated rings. The van der Waals surface area contributed by atoms with Gasteiger partial charge in [-0.05, 0) is 70.1 Å². The zero-order chi connectivity index (χ0) is 15.4. The number of carbonyl (C=O) groups is 1. The van der Waals surface area contributed by atoms with Gasteiger partial charge in [-0.15, -0.1) is 0 Å². The normalized spacial score (nSPS) is 31.1. The molecule has 4 nitrogen and oxygen atoms in total. The van der Waals surface area contributed by atoms with Crippen LogP contribution in [0.5, 0.6) is 0 Å². The lowest BCUT2D eigenvalue weighted by Crippen LogP contribution is -2.47. The van der Waals surface area contributed by atoms with E-state index in [0.717, 1.165) is 26.1 Å². The van der Waals surface area contributed by atoms with Gasteiger partial charge in [-0.25, -0.2) is 0 Å². The highest BCUT2D eigenvalue weighted by Gasteiger charge is 2.57. The van der Waals surface area contributed by atoms with Crippen LogP contribution in [0.3, 0.4) is 0 Å². The van der Waals surface area contributed by atoms with Crippen LogP contribution < -0.4 is 10.6 Å². The van der Waals surface area contributed by atoms with Crippen LogP contribution in [0.2, 0.25) is 0 Å². The summed E-state index contributed by atoms with van der Waals surface area (Å²) in [4.78, 5) is 15.1. The quantitative estimate of drug-likeness (QED) is 0.790. The van der Waals surface area contributed by atoms with Crippen LogP contribution >= 0.6 is 0 Å². The molecule has 3 aliphatic rings. The van der Waals surface area contributed by atoms with Gasteiger partial charge in [0.15, 0.2) is 0 Å². The molecule has 2 unspecified atom stereocenters. The fourth-order valence-electron chi connectivity index (χ4n) is 4.48. The Labute approximate surface area is 135 Å². The van der Waals surface area contributed by atoms with Crippen molar-refractivity contribution in [1.82, 2.24) is 15.5 Å². The van der Waals surface area contributed by atoms with Gasteiger partial charge in [0, 0.05) is 18.5 Å². The van der Waals surface area contributed by atoms with Crippen molar-refractivity contribution in [3.63, 3.8) is 0 Å². The van der Waals surface area contributed by atoms with E-state index in [9.17, 15) is 4.79 Å². The summed E-state index contributed by atoms with van der Waals surface area (Å²) in [7, 11) is 0. The van der Waals surface area contributed by atoms with Crippen molar-refractivity contribution in [3.8, 4) is 0 Å². The molecule has 2 heterocycles. The van der Waals surface area contributed by atoms with Crippen molar-refractivity contribution in [3.05, 3.63) is 0 Å². The predicted molar refractivity (Wildman–Crippen MR) is 89.8 cm³/mol. The smallest absolute Gasteiger partial charge is 0.223 e. The van der Waals surface area contributed by atoms with Gasteiger partial charge in [0.2, 0.25) is 5.91 Å². The topological polar surface area (TPSA) is 44.4 Å². The summed E-state index contributed by atoms with van der Waals surface area (Å²) in [5, 5.41) is 6.70. The van der Waals surface area contributed by atoms with E-state index >= 15 is 0 Å². The van der Waals surface area contributed by atoms with E-state index in [-0.39, 0.29) is 0 Å². The Bertz CT molecular complexity index is 379.